The maximum atomic E-state index is 13.3. The van der Waals surface area contributed by atoms with Gasteiger partial charge in [-0.1, -0.05) is 54.6 Å². The van der Waals surface area contributed by atoms with Crippen molar-refractivity contribution < 1.29 is 14.3 Å². The third-order valence-electron chi connectivity index (χ3n) is 5.70. The number of carbonyl (C=O) groups excluding carboxylic acids is 2. The molecule has 1 atom stereocenters. The van der Waals surface area contributed by atoms with Crippen molar-refractivity contribution in [3.63, 3.8) is 0 Å². The quantitative estimate of drug-likeness (QED) is 0.624. The van der Waals surface area contributed by atoms with E-state index in [1.165, 1.54) is 0 Å². The Kier molecular flexibility index (Phi) is 6.32. The summed E-state index contributed by atoms with van der Waals surface area (Å²) in [5.41, 5.74) is 2.54. The largest absolute Gasteiger partial charge is 0.361 e. The summed E-state index contributed by atoms with van der Waals surface area (Å²) in [6, 6.07) is 21.7. The van der Waals surface area contributed by atoms with Crippen molar-refractivity contribution in [3.05, 3.63) is 90.3 Å². The van der Waals surface area contributed by atoms with E-state index in [0.29, 0.717) is 25.1 Å². The summed E-state index contributed by atoms with van der Waals surface area (Å²) in [4.78, 5) is 33.7. The van der Waals surface area contributed by atoms with Gasteiger partial charge in [0.2, 0.25) is 0 Å². The lowest BCUT2D eigenvalue weighted by atomic mass is 9.89. The van der Waals surface area contributed by atoms with Gasteiger partial charge < -0.3 is 14.5 Å². The van der Waals surface area contributed by atoms with Gasteiger partial charge in [0, 0.05) is 39.5 Å². The van der Waals surface area contributed by atoms with Crippen LogP contribution in [0.1, 0.15) is 15.9 Å². The zero-order valence-electron chi connectivity index (χ0n) is 18.4. The molecule has 4 rings (SSSR count). The van der Waals surface area contributed by atoms with Gasteiger partial charge in [-0.3, -0.25) is 14.6 Å². The summed E-state index contributed by atoms with van der Waals surface area (Å²) < 4.78 is 6.15. The first kappa shape index (κ1) is 21.7. The van der Waals surface area contributed by atoms with Gasteiger partial charge in [0.1, 0.15) is 0 Å². The van der Waals surface area contributed by atoms with Gasteiger partial charge in [-0.2, -0.15) is 0 Å². The SMILES string of the molecule is CN(C)C(=O)C1(Cc2cccc(-c3ccccc3)c2)CN(C(=O)c2cccnc2)CCO1. The maximum Gasteiger partial charge on any atom is 0.256 e. The van der Waals surface area contributed by atoms with E-state index in [-0.39, 0.29) is 18.4 Å². The summed E-state index contributed by atoms with van der Waals surface area (Å²) in [5, 5.41) is 0. The number of ether oxygens (including phenoxy) is 1. The lowest BCUT2D eigenvalue weighted by molar-refractivity contribution is -0.165. The van der Waals surface area contributed by atoms with E-state index in [4.69, 9.17) is 4.74 Å². The second kappa shape index (κ2) is 9.32. The predicted octanol–water partition coefficient (Wildman–Crippen LogP) is 3.29. The zero-order chi connectivity index (χ0) is 22.6. The van der Waals surface area contributed by atoms with Crippen LogP contribution in [0, 0.1) is 0 Å². The molecule has 6 nitrogen and oxygen atoms in total. The van der Waals surface area contributed by atoms with Gasteiger partial charge in [-0.25, -0.2) is 0 Å². The number of amides is 2. The smallest absolute Gasteiger partial charge is 0.256 e. The first-order chi connectivity index (χ1) is 15.5. The monoisotopic (exact) mass is 429 g/mol. The molecule has 0 spiro atoms. The molecule has 1 saturated heterocycles. The first-order valence-corrected chi connectivity index (χ1v) is 10.7. The molecule has 32 heavy (non-hydrogen) atoms. The van der Waals surface area contributed by atoms with Gasteiger partial charge in [0.05, 0.1) is 18.7 Å². The standard InChI is InChI=1S/C26H27N3O3/c1-28(2)25(31)26(17-20-8-6-11-22(16-20)21-9-4-3-5-10-21)19-29(14-15-32-26)24(30)23-12-7-13-27-18-23/h3-13,16,18H,14-15,17,19H2,1-2H3. The Hall–Kier alpha value is -3.51. The van der Waals surface area contributed by atoms with Crippen molar-refractivity contribution >= 4 is 11.8 Å². The van der Waals surface area contributed by atoms with Crippen molar-refractivity contribution in [2.45, 2.75) is 12.0 Å². The number of nitrogens with zero attached hydrogens (tertiary/aromatic N) is 3. The molecule has 0 saturated carbocycles. The predicted molar refractivity (Wildman–Crippen MR) is 123 cm³/mol. The Morgan fingerprint density at radius 3 is 2.53 bits per heavy atom. The van der Waals surface area contributed by atoms with Crippen LogP contribution in [0.3, 0.4) is 0 Å². The molecule has 1 fully saturated rings. The molecule has 0 bridgehead atoms. The number of rotatable bonds is 5. The first-order valence-electron chi connectivity index (χ1n) is 10.7. The van der Waals surface area contributed by atoms with Crippen molar-refractivity contribution in [1.82, 2.24) is 14.8 Å². The molecule has 1 aliphatic heterocycles. The van der Waals surface area contributed by atoms with Crippen LogP contribution < -0.4 is 0 Å². The van der Waals surface area contributed by atoms with Crippen LogP contribution in [0.5, 0.6) is 0 Å². The fourth-order valence-electron chi connectivity index (χ4n) is 4.17. The summed E-state index contributed by atoms with van der Waals surface area (Å²) in [6.07, 6.45) is 3.56. The highest BCUT2D eigenvalue weighted by Gasteiger charge is 2.46. The highest BCUT2D eigenvalue weighted by molar-refractivity contribution is 5.95. The van der Waals surface area contributed by atoms with Crippen LogP contribution in [0.2, 0.25) is 0 Å². The number of carbonyl (C=O) groups is 2. The molecule has 2 aromatic carbocycles. The summed E-state index contributed by atoms with van der Waals surface area (Å²) >= 11 is 0. The van der Waals surface area contributed by atoms with Gasteiger partial charge >= 0.3 is 0 Å². The summed E-state index contributed by atoms with van der Waals surface area (Å²) in [6.45, 7) is 0.914. The minimum Gasteiger partial charge on any atom is -0.361 e. The van der Waals surface area contributed by atoms with E-state index in [1.54, 1.807) is 48.4 Å². The number of hydrogen-bond donors (Lipinski definition) is 0. The Morgan fingerprint density at radius 1 is 1.03 bits per heavy atom. The summed E-state index contributed by atoms with van der Waals surface area (Å²) in [7, 11) is 3.44. The van der Waals surface area contributed by atoms with Crippen LogP contribution >= 0.6 is 0 Å². The third-order valence-corrected chi connectivity index (χ3v) is 5.70. The molecule has 1 aromatic heterocycles. The van der Waals surface area contributed by atoms with Gasteiger partial charge in [0.15, 0.2) is 5.60 Å². The number of pyridine rings is 1. The highest BCUT2D eigenvalue weighted by atomic mass is 16.5. The van der Waals surface area contributed by atoms with E-state index in [9.17, 15) is 9.59 Å². The molecule has 6 heteroatoms. The van der Waals surface area contributed by atoms with Crippen molar-refractivity contribution in [2.24, 2.45) is 0 Å². The molecule has 1 unspecified atom stereocenters. The van der Waals surface area contributed by atoms with Crippen molar-refractivity contribution in [2.75, 3.05) is 33.8 Å². The molecule has 3 aromatic rings. The van der Waals surface area contributed by atoms with Crippen LogP contribution in [0.15, 0.2) is 79.1 Å². The Balaban J connectivity index is 1.64. The molecular weight excluding hydrogens is 402 g/mol. The fourth-order valence-corrected chi connectivity index (χ4v) is 4.17. The van der Waals surface area contributed by atoms with Crippen LogP contribution in [-0.4, -0.2) is 66.0 Å². The Bertz CT molecular complexity index is 1090. The lowest BCUT2D eigenvalue weighted by Crippen LogP contribution is -2.61. The van der Waals surface area contributed by atoms with Crippen molar-refractivity contribution in [3.8, 4) is 11.1 Å². The van der Waals surface area contributed by atoms with Crippen LogP contribution in [0.25, 0.3) is 11.1 Å². The normalized spacial score (nSPS) is 18.2. The number of aromatic nitrogens is 1. The van der Waals surface area contributed by atoms with E-state index in [2.05, 4.69) is 29.2 Å². The van der Waals surface area contributed by atoms with E-state index in [0.717, 1.165) is 16.7 Å². The molecule has 0 aliphatic carbocycles. The maximum absolute atomic E-state index is 13.3. The Morgan fingerprint density at radius 2 is 1.81 bits per heavy atom. The van der Waals surface area contributed by atoms with E-state index in [1.807, 2.05) is 30.3 Å². The highest BCUT2D eigenvalue weighted by Crippen LogP contribution is 2.28. The van der Waals surface area contributed by atoms with Gasteiger partial charge in [-0.05, 0) is 28.8 Å². The van der Waals surface area contributed by atoms with Gasteiger partial charge in [0.25, 0.3) is 11.8 Å². The molecule has 2 heterocycles. The van der Waals surface area contributed by atoms with Crippen LogP contribution in [-0.2, 0) is 16.0 Å². The molecule has 0 N–H and O–H groups in total. The second-order valence-corrected chi connectivity index (χ2v) is 8.25. The number of benzene rings is 2. The van der Waals surface area contributed by atoms with Gasteiger partial charge in [-0.15, -0.1) is 0 Å². The second-order valence-electron chi connectivity index (χ2n) is 8.25. The average Bonchev–Trinajstić information content (AvgIpc) is 2.84. The minimum absolute atomic E-state index is 0.143. The fraction of sp³-hybridized carbons (Fsp3) is 0.269. The minimum atomic E-state index is -1.14. The van der Waals surface area contributed by atoms with E-state index < -0.39 is 5.60 Å². The number of morpholine rings is 1. The Labute approximate surface area is 188 Å². The zero-order valence-corrected chi connectivity index (χ0v) is 18.4. The summed E-state index contributed by atoms with van der Waals surface area (Å²) in [5.74, 6) is -0.290. The molecule has 0 radical (unpaired) electrons. The molecule has 164 valence electrons. The number of likely N-dealkylation sites (N-methyl/N-ethyl adjacent to an activating group) is 1. The molecule has 2 amide bonds. The molecular formula is C26H27N3O3. The van der Waals surface area contributed by atoms with Crippen molar-refractivity contribution in [1.29, 1.82) is 0 Å². The topological polar surface area (TPSA) is 62.7 Å². The molecule has 1 aliphatic rings. The number of hydrogen-bond acceptors (Lipinski definition) is 4. The van der Waals surface area contributed by atoms with E-state index >= 15 is 0 Å². The van der Waals surface area contributed by atoms with Crippen LogP contribution in [0.4, 0.5) is 0 Å². The lowest BCUT2D eigenvalue weighted by Gasteiger charge is -2.43. The average molecular weight is 430 g/mol. The third kappa shape index (κ3) is 4.55.